The smallest absolute Gasteiger partial charge is 0.0804 e. The molecule has 0 bridgehead atoms. The van der Waals surface area contributed by atoms with E-state index in [1.54, 1.807) is 7.11 Å². The maximum atomic E-state index is 5.65. The maximum Gasteiger partial charge on any atom is 0.0804 e. The second kappa shape index (κ2) is 6.68. The fourth-order valence-electron chi connectivity index (χ4n) is 2.30. The molecule has 0 fully saturated rings. The topological polar surface area (TPSA) is 39.1 Å². The van der Waals surface area contributed by atoms with Crippen LogP contribution in [0.5, 0.6) is 0 Å². The highest BCUT2D eigenvalue weighted by atomic mass is 79.9. The van der Waals surface area contributed by atoms with Gasteiger partial charge in [0.25, 0.3) is 0 Å². The van der Waals surface area contributed by atoms with Gasteiger partial charge in [0, 0.05) is 13.2 Å². The third kappa shape index (κ3) is 3.13. The first-order valence-corrected chi connectivity index (χ1v) is 7.16. The van der Waals surface area contributed by atoms with Gasteiger partial charge in [-0.25, -0.2) is 0 Å². The minimum Gasteiger partial charge on any atom is -0.379 e. The summed E-state index contributed by atoms with van der Waals surface area (Å²) in [7, 11) is 3.72. The van der Waals surface area contributed by atoms with Crippen LogP contribution in [0, 0.1) is 5.92 Å². The average Bonchev–Trinajstić information content (AvgIpc) is 2.67. The summed E-state index contributed by atoms with van der Waals surface area (Å²) >= 11 is 3.59. The standard InChI is InChI=1S/C13H24BrN3O/c1-8(2)13(18-6)11(15-5)12-10(14)7-16-17(12)9(3)4/h7-9,11,13,15H,1-6H3. The molecule has 0 aliphatic carbocycles. The molecule has 0 radical (unpaired) electrons. The molecule has 0 amide bonds. The minimum atomic E-state index is 0.112. The Labute approximate surface area is 118 Å². The zero-order chi connectivity index (χ0) is 13.9. The molecule has 0 aromatic carbocycles. The van der Waals surface area contributed by atoms with Gasteiger partial charge in [-0.3, -0.25) is 4.68 Å². The molecule has 5 heteroatoms. The van der Waals surface area contributed by atoms with Crippen LogP contribution in [0.3, 0.4) is 0 Å². The molecular formula is C13H24BrN3O. The van der Waals surface area contributed by atoms with Crippen molar-refractivity contribution in [2.75, 3.05) is 14.2 Å². The second-order valence-corrected chi connectivity index (χ2v) is 5.98. The van der Waals surface area contributed by atoms with E-state index in [-0.39, 0.29) is 12.1 Å². The van der Waals surface area contributed by atoms with Gasteiger partial charge in [0.1, 0.15) is 0 Å². The summed E-state index contributed by atoms with van der Waals surface area (Å²) in [5, 5.41) is 7.79. The molecule has 2 atom stereocenters. The van der Waals surface area contributed by atoms with Gasteiger partial charge in [0.05, 0.1) is 28.5 Å². The molecule has 18 heavy (non-hydrogen) atoms. The minimum absolute atomic E-state index is 0.112. The number of rotatable bonds is 6. The normalized spacial score (nSPS) is 15.4. The number of hydrogen-bond donors (Lipinski definition) is 1. The van der Waals surface area contributed by atoms with Crippen molar-refractivity contribution in [1.82, 2.24) is 15.1 Å². The molecule has 0 aliphatic rings. The lowest BCUT2D eigenvalue weighted by Gasteiger charge is -2.30. The number of methoxy groups -OCH3 is 1. The van der Waals surface area contributed by atoms with Crippen LogP contribution in [0.1, 0.15) is 45.5 Å². The third-order valence-corrected chi connectivity index (χ3v) is 3.75. The lowest BCUT2D eigenvalue weighted by atomic mass is 9.96. The van der Waals surface area contributed by atoms with Crippen LogP contribution in [-0.2, 0) is 4.74 Å². The van der Waals surface area contributed by atoms with Crippen LogP contribution in [0.15, 0.2) is 10.7 Å². The summed E-state index contributed by atoms with van der Waals surface area (Å²) in [6.07, 6.45) is 1.97. The van der Waals surface area contributed by atoms with Crippen molar-refractivity contribution >= 4 is 15.9 Å². The third-order valence-electron chi connectivity index (χ3n) is 3.14. The molecule has 4 nitrogen and oxygen atoms in total. The van der Waals surface area contributed by atoms with Crippen LogP contribution in [-0.4, -0.2) is 30.0 Å². The van der Waals surface area contributed by atoms with Gasteiger partial charge in [0.15, 0.2) is 0 Å². The first-order chi connectivity index (χ1) is 8.43. The number of hydrogen-bond acceptors (Lipinski definition) is 3. The highest BCUT2D eigenvalue weighted by Gasteiger charge is 2.29. The Morgan fingerprint density at radius 3 is 2.33 bits per heavy atom. The lowest BCUT2D eigenvalue weighted by molar-refractivity contribution is 0.0318. The van der Waals surface area contributed by atoms with Crippen molar-refractivity contribution < 1.29 is 4.74 Å². The summed E-state index contributed by atoms with van der Waals surface area (Å²) in [5.41, 5.74) is 1.15. The van der Waals surface area contributed by atoms with E-state index in [9.17, 15) is 0 Å². The zero-order valence-corrected chi connectivity index (χ0v) is 13.7. The van der Waals surface area contributed by atoms with Crippen molar-refractivity contribution in [3.8, 4) is 0 Å². The van der Waals surface area contributed by atoms with Crippen molar-refractivity contribution in [2.24, 2.45) is 5.92 Å². The van der Waals surface area contributed by atoms with Crippen molar-refractivity contribution in [3.63, 3.8) is 0 Å². The summed E-state index contributed by atoms with van der Waals surface area (Å²) in [5.74, 6) is 0.426. The molecule has 1 heterocycles. The van der Waals surface area contributed by atoms with Gasteiger partial charge < -0.3 is 10.1 Å². The highest BCUT2D eigenvalue weighted by Crippen LogP contribution is 2.31. The number of nitrogens with zero attached hydrogens (tertiary/aromatic N) is 2. The van der Waals surface area contributed by atoms with Gasteiger partial charge in [-0.1, -0.05) is 13.8 Å². The van der Waals surface area contributed by atoms with E-state index in [0.29, 0.717) is 12.0 Å². The predicted octanol–water partition coefficient (Wildman–Crippen LogP) is 3.16. The molecule has 0 aliphatic heterocycles. The van der Waals surface area contributed by atoms with Crippen molar-refractivity contribution in [1.29, 1.82) is 0 Å². The fraction of sp³-hybridized carbons (Fsp3) is 0.769. The summed E-state index contributed by atoms with van der Waals surface area (Å²) in [4.78, 5) is 0. The molecule has 0 saturated heterocycles. The quantitative estimate of drug-likeness (QED) is 0.876. The Balaban J connectivity index is 3.19. The monoisotopic (exact) mass is 317 g/mol. The van der Waals surface area contributed by atoms with E-state index in [2.05, 4.69) is 54.0 Å². The van der Waals surface area contributed by atoms with Crippen LogP contribution < -0.4 is 5.32 Å². The van der Waals surface area contributed by atoms with Crippen LogP contribution in [0.4, 0.5) is 0 Å². The Morgan fingerprint density at radius 2 is 1.94 bits per heavy atom. The van der Waals surface area contributed by atoms with Gasteiger partial charge in [0.2, 0.25) is 0 Å². The lowest BCUT2D eigenvalue weighted by Crippen LogP contribution is -2.36. The number of nitrogens with one attached hydrogen (secondary N) is 1. The fourth-order valence-corrected chi connectivity index (χ4v) is 2.82. The Morgan fingerprint density at radius 1 is 1.33 bits per heavy atom. The number of halogens is 1. The Kier molecular flexibility index (Phi) is 5.82. The van der Waals surface area contributed by atoms with Crippen LogP contribution in [0.25, 0.3) is 0 Å². The van der Waals surface area contributed by atoms with E-state index in [0.717, 1.165) is 10.2 Å². The van der Waals surface area contributed by atoms with E-state index in [1.165, 1.54) is 0 Å². The summed E-state index contributed by atoms with van der Waals surface area (Å²) in [6.45, 7) is 8.60. The molecule has 1 aromatic rings. The van der Waals surface area contributed by atoms with E-state index in [1.807, 2.05) is 17.9 Å². The van der Waals surface area contributed by atoms with Crippen molar-refractivity contribution in [3.05, 3.63) is 16.4 Å². The number of likely N-dealkylation sites (N-methyl/N-ethyl adjacent to an activating group) is 1. The molecule has 1 rings (SSSR count). The SMILES string of the molecule is CNC(c1c(Br)cnn1C(C)C)C(OC)C(C)C. The van der Waals surface area contributed by atoms with Gasteiger partial charge in [-0.15, -0.1) is 0 Å². The van der Waals surface area contributed by atoms with Gasteiger partial charge >= 0.3 is 0 Å². The van der Waals surface area contributed by atoms with E-state index >= 15 is 0 Å². The van der Waals surface area contributed by atoms with Crippen LogP contribution in [0.2, 0.25) is 0 Å². The van der Waals surface area contributed by atoms with E-state index < -0.39 is 0 Å². The van der Waals surface area contributed by atoms with E-state index in [4.69, 9.17) is 4.74 Å². The molecule has 0 spiro atoms. The van der Waals surface area contributed by atoms with Gasteiger partial charge in [-0.2, -0.15) is 5.10 Å². The largest absolute Gasteiger partial charge is 0.379 e. The Bertz CT molecular complexity index is 376. The zero-order valence-electron chi connectivity index (χ0n) is 12.1. The maximum absolute atomic E-state index is 5.65. The van der Waals surface area contributed by atoms with Crippen molar-refractivity contribution in [2.45, 2.75) is 45.9 Å². The molecule has 1 N–H and O–H groups in total. The first-order valence-electron chi connectivity index (χ1n) is 6.37. The van der Waals surface area contributed by atoms with Gasteiger partial charge in [-0.05, 0) is 42.7 Å². The molecule has 104 valence electrons. The van der Waals surface area contributed by atoms with Crippen LogP contribution >= 0.6 is 15.9 Å². The molecular weight excluding hydrogens is 294 g/mol. The first kappa shape index (κ1) is 15.7. The molecule has 2 unspecified atom stereocenters. The predicted molar refractivity (Wildman–Crippen MR) is 77.7 cm³/mol. The second-order valence-electron chi connectivity index (χ2n) is 5.13. The summed E-state index contributed by atoms with van der Waals surface area (Å²) in [6, 6.07) is 0.445. The molecule has 1 aromatic heterocycles. The summed E-state index contributed by atoms with van der Waals surface area (Å²) < 4.78 is 8.72. The number of ether oxygens (including phenoxy) is 1. The number of aromatic nitrogens is 2. The average molecular weight is 318 g/mol. The molecule has 0 saturated carbocycles. The highest BCUT2D eigenvalue weighted by molar-refractivity contribution is 9.10. The Hall–Kier alpha value is -0.390.